The van der Waals surface area contributed by atoms with Crippen LogP contribution in [-0.2, 0) is 10.0 Å². The molecule has 1 rings (SSSR count). The van der Waals surface area contributed by atoms with Crippen LogP contribution >= 0.6 is 11.6 Å². The van der Waals surface area contributed by atoms with Gasteiger partial charge in [-0.3, -0.25) is 4.79 Å². The van der Waals surface area contributed by atoms with Gasteiger partial charge in [0, 0.05) is 6.54 Å². The molecule has 0 fully saturated rings. The average molecular weight is 267 g/mol. The van der Waals surface area contributed by atoms with Crippen LogP contribution in [0, 0.1) is 0 Å². The third kappa shape index (κ3) is 4.21. The van der Waals surface area contributed by atoms with Gasteiger partial charge in [0.2, 0.25) is 15.2 Å². The Bertz CT molecular complexity index is 468. The summed E-state index contributed by atoms with van der Waals surface area (Å²) in [4.78, 5) is 11.4. The smallest absolute Gasteiger partial charge is 0.256 e. The number of carbonyl (C=O) groups is 1. The Kier molecular flexibility index (Phi) is 4.34. The number of nitrogens with one attached hydrogen (secondary N) is 1. The molecule has 0 saturated heterocycles. The SMILES string of the molecule is NS(=O)(=O)CCCNC(=O)c1ccoc1Cl. The van der Waals surface area contributed by atoms with Crippen LogP contribution < -0.4 is 10.5 Å². The number of carbonyl (C=O) groups excluding carboxylic acids is 1. The number of amides is 1. The Morgan fingerprint density at radius 3 is 2.75 bits per heavy atom. The second-order valence-corrected chi connectivity index (χ2v) is 5.16. The van der Waals surface area contributed by atoms with E-state index >= 15 is 0 Å². The molecule has 3 N–H and O–H groups in total. The number of hydrogen-bond acceptors (Lipinski definition) is 4. The minimum absolute atomic E-state index is 0.00365. The first-order valence-electron chi connectivity index (χ1n) is 4.42. The van der Waals surface area contributed by atoms with E-state index < -0.39 is 15.9 Å². The van der Waals surface area contributed by atoms with Crippen molar-refractivity contribution in [3.8, 4) is 0 Å². The van der Waals surface area contributed by atoms with E-state index in [-0.39, 0.29) is 29.5 Å². The minimum Gasteiger partial charge on any atom is -0.452 e. The van der Waals surface area contributed by atoms with E-state index in [0.29, 0.717) is 0 Å². The Morgan fingerprint density at radius 1 is 1.56 bits per heavy atom. The zero-order valence-corrected chi connectivity index (χ0v) is 9.85. The van der Waals surface area contributed by atoms with Gasteiger partial charge in [-0.15, -0.1) is 0 Å². The number of primary sulfonamides is 1. The maximum atomic E-state index is 11.4. The monoisotopic (exact) mass is 266 g/mol. The summed E-state index contributed by atoms with van der Waals surface area (Å²) in [6.07, 6.45) is 1.54. The van der Waals surface area contributed by atoms with Crippen LogP contribution in [0.2, 0.25) is 5.22 Å². The Morgan fingerprint density at radius 2 is 2.25 bits per heavy atom. The molecule has 16 heavy (non-hydrogen) atoms. The second-order valence-electron chi connectivity index (χ2n) is 3.08. The van der Waals surface area contributed by atoms with Crippen molar-refractivity contribution >= 4 is 27.5 Å². The van der Waals surface area contributed by atoms with Gasteiger partial charge in [0.1, 0.15) is 0 Å². The number of rotatable bonds is 5. The largest absolute Gasteiger partial charge is 0.452 e. The van der Waals surface area contributed by atoms with Crippen molar-refractivity contribution in [3.05, 3.63) is 23.1 Å². The molecular formula is C8H11ClN2O4S. The zero-order chi connectivity index (χ0) is 12.2. The fraction of sp³-hybridized carbons (Fsp3) is 0.375. The molecule has 1 heterocycles. The Hall–Kier alpha value is -1.05. The van der Waals surface area contributed by atoms with Gasteiger partial charge in [-0.2, -0.15) is 0 Å². The van der Waals surface area contributed by atoms with Gasteiger partial charge in [-0.1, -0.05) is 0 Å². The van der Waals surface area contributed by atoms with Gasteiger partial charge in [-0.05, 0) is 24.1 Å². The molecule has 0 bridgehead atoms. The third-order valence-corrected chi connectivity index (χ3v) is 2.90. The second kappa shape index (κ2) is 5.33. The van der Waals surface area contributed by atoms with Crippen LogP contribution in [0.4, 0.5) is 0 Å². The topological polar surface area (TPSA) is 102 Å². The molecule has 0 aliphatic heterocycles. The number of sulfonamides is 1. The highest BCUT2D eigenvalue weighted by Crippen LogP contribution is 2.15. The summed E-state index contributed by atoms with van der Waals surface area (Å²) in [5.41, 5.74) is 0.220. The molecule has 0 saturated carbocycles. The number of halogens is 1. The van der Waals surface area contributed by atoms with Crippen LogP contribution in [0.15, 0.2) is 16.7 Å². The van der Waals surface area contributed by atoms with E-state index in [1.807, 2.05) is 0 Å². The molecule has 1 aromatic rings. The number of furan rings is 1. The molecule has 6 nitrogen and oxygen atoms in total. The summed E-state index contributed by atoms with van der Waals surface area (Å²) in [5, 5.41) is 7.29. The number of nitrogens with two attached hydrogens (primary N) is 1. The van der Waals surface area contributed by atoms with Crippen molar-refractivity contribution < 1.29 is 17.6 Å². The van der Waals surface area contributed by atoms with E-state index in [0.717, 1.165) is 0 Å². The highest BCUT2D eigenvalue weighted by Gasteiger charge is 2.12. The van der Waals surface area contributed by atoms with Gasteiger partial charge < -0.3 is 9.73 Å². The van der Waals surface area contributed by atoms with Crippen LogP contribution in [0.5, 0.6) is 0 Å². The van der Waals surface area contributed by atoms with Crippen molar-refractivity contribution in [3.63, 3.8) is 0 Å². The molecule has 1 aromatic heterocycles. The highest BCUT2D eigenvalue weighted by molar-refractivity contribution is 7.89. The van der Waals surface area contributed by atoms with Crippen LogP contribution in [0.3, 0.4) is 0 Å². The molecule has 0 aromatic carbocycles. The van der Waals surface area contributed by atoms with E-state index in [9.17, 15) is 13.2 Å². The van der Waals surface area contributed by atoms with Gasteiger partial charge in [0.15, 0.2) is 0 Å². The Labute approximate surface area is 97.8 Å². The first-order valence-corrected chi connectivity index (χ1v) is 6.51. The maximum absolute atomic E-state index is 11.4. The van der Waals surface area contributed by atoms with Crippen LogP contribution in [-0.4, -0.2) is 26.6 Å². The summed E-state index contributed by atoms with van der Waals surface area (Å²) >= 11 is 5.58. The molecule has 0 aliphatic carbocycles. The lowest BCUT2D eigenvalue weighted by Crippen LogP contribution is -2.27. The Balaban J connectivity index is 2.35. The molecule has 90 valence electrons. The van der Waals surface area contributed by atoms with Gasteiger partial charge in [-0.25, -0.2) is 13.6 Å². The van der Waals surface area contributed by atoms with E-state index in [1.54, 1.807) is 0 Å². The lowest BCUT2D eigenvalue weighted by molar-refractivity contribution is 0.0953. The van der Waals surface area contributed by atoms with Crippen LogP contribution in [0.25, 0.3) is 0 Å². The first kappa shape index (κ1) is 13.0. The molecule has 0 atom stereocenters. The molecule has 8 heteroatoms. The average Bonchev–Trinajstić information content (AvgIpc) is 2.57. The molecule has 0 spiro atoms. The lowest BCUT2D eigenvalue weighted by Gasteiger charge is -2.02. The minimum atomic E-state index is -3.48. The standard InChI is InChI=1S/C8H11ClN2O4S/c9-7-6(2-4-15-7)8(12)11-3-1-5-16(10,13)14/h2,4H,1,3,5H2,(H,11,12)(H2,10,13,14). The molecular weight excluding hydrogens is 256 g/mol. The predicted molar refractivity (Wildman–Crippen MR) is 58.6 cm³/mol. The van der Waals surface area contributed by atoms with Crippen molar-refractivity contribution in [1.29, 1.82) is 0 Å². The van der Waals surface area contributed by atoms with Gasteiger partial charge in [0.25, 0.3) is 5.91 Å². The van der Waals surface area contributed by atoms with Gasteiger partial charge in [0.05, 0.1) is 17.6 Å². The highest BCUT2D eigenvalue weighted by atomic mass is 35.5. The summed E-state index contributed by atoms with van der Waals surface area (Å²) in [7, 11) is -3.48. The van der Waals surface area contributed by atoms with Crippen molar-refractivity contribution in [2.24, 2.45) is 5.14 Å². The summed E-state index contributed by atoms with van der Waals surface area (Å²) < 4.78 is 25.9. The summed E-state index contributed by atoms with van der Waals surface area (Å²) in [6, 6.07) is 1.43. The summed E-state index contributed by atoms with van der Waals surface area (Å²) in [6.45, 7) is 0.205. The zero-order valence-electron chi connectivity index (χ0n) is 8.27. The predicted octanol–water partition coefficient (Wildman–Crippen LogP) is 0.341. The molecule has 0 radical (unpaired) electrons. The quantitative estimate of drug-likeness (QED) is 0.750. The van der Waals surface area contributed by atoms with E-state index in [1.165, 1.54) is 12.3 Å². The summed E-state index contributed by atoms with van der Waals surface area (Å²) in [5.74, 6) is -0.583. The first-order chi connectivity index (χ1) is 7.40. The fourth-order valence-corrected chi connectivity index (χ4v) is 1.77. The molecule has 0 unspecified atom stereocenters. The third-order valence-electron chi connectivity index (χ3n) is 1.75. The van der Waals surface area contributed by atoms with Crippen molar-refractivity contribution in [1.82, 2.24) is 5.32 Å². The van der Waals surface area contributed by atoms with Crippen LogP contribution in [0.1, 0.15) is 16.8 Å². The van der Waals surface area contributed by atoms with E-state index in [4.69, 9.17) is 21.2 Å². The van der Waals surface area contributed by atoms with Crippen molar-refractivity contribution in [2.45, 2.75) is 6.42 Å². The maximum Gasteiger partial charge on any atom is 0.256 e. The van der Waals surface area contributed by atoms with Gasteiger partial charge >= 0.3 is 0 Å². The normalized spacial score (nSPS) is 11.4. The number of hydrogen-bond donors (Lipinski definition) is 2. The molecule has 1 amide bonds. The van der Waals surface area contributed by atoms with E-state index in [2.05, 4.69) is 5.32 Å². The lowest BCUT2D eigenvalue weighted by atomic mass is 10.3. The van der Waals surface area contributed by atoms with Crippen molar-refractivity contribution in [2.75, 3.05) is 12.3 Å². The fourth-order valence-electron chi connectivity index (χ4n) is 1.03. The molecule has 0 aliphatic rings.